The van der Waals surface area contributed by atoms with Crippen LogP contribution in [0.4, 0.5) is 5.13 Å². The lowest BCUT2D eigenvalue weighted by molar-refractivity contribution is -0.126. The van der Waals surface area contributed by atoms with Gasteiger partial charge < -0.3 is 9.15 Å². The van der Waals surface area contributed by atoms with E-state index in [0.717, 1.165) is 15.5 Å². The molecule has 2 aromatic heterocycles. The summed E-state index contributed by atoms with van der Waals surface area (Å²) in [6, 6.07) is 9.37. The second-order valence-electron chi connectivity index (χ2n) is 6.10. The van der Waals surface area contributed by atoms with E-state index in [-0.39, 0.29) is 5.91 Å². The van der Waals surface area contributed by atoms with Crippen LogP contribution >= 0.6 is 23.1 Å². The molecule has 0 aliphatic carbocycles. The van der Waals surface area contributed by atoms with Crippen molar-refractivity contribution in [2.24, 2.45) is 0 Å². The summed E-state index contributed by atoms with van der Waals surface area (Å²) in [6.45, 7) is 4.14. The highest BCUT2D eigenvalue weighted by molar-refractivity contribution is 8.00. The van der Waals surface area contributed by atoms with Gasteiger partial charge in [0, 0.05) is 13.0 Å². The van der Waals surface area contributed by atoms with Gasteiger partial charge >= 0.3 is 0 Å². The zero-order valence-corrected chi connectivity index (χ0v) is 17.0. The van der Waals surface area contributed by atoms with E-state index in [0.29, 0.717) is 22.7 Å². The largest absolute Gasteiger partial charge is 0.445 e. The normalized spacial score (nSPS) is 12.3. The Labute approximate surface area is 166 Å². The highest BCUT2D eigenvalue weighted by atomic mass is 32.2. The Bertz CT molecular complexity index is 877. The zero-order chi connectivity index (χ0) is 19.2. The van der Waals surface area contributed by atoms with E-state index < -0.39 is 6.10 Å². The molecule has 1 amide bonds. The molecule has 1 atom stereocenters. The Morgan fingerprint density at radius 2 is 2.04 bits per heavy atom. The first kappa shape index (κ1) is 19.6. The van der Waals surface area contributed by atoms with E-state index in [1.54, 1.807) is 24.2 Å². The zero-order valence-electron chi connectivity index (χ0n) is 15.3. The topological polar surface area (TPSA) is 77.2 Å². The van der Waals surface area contributed by atoms with Gasteiger partial charge in [-0.05, 0) is 5.56 Å². The molecule has 0 aliphatic heterocycles. The molecule has 2 heterocycles. The number of methoxy groups -OCH3 is 1. The number of aromatic nitrogens is 2. The van der Waals surface area contributed by atoms with Crippen molar-refractivity contribution in [2.75, 3.05) is 12.4 Å². The summed E-state index contributed by atoms with van der Waals surface area (Å²) in [5.74, 6) is 2.26. The summed E-state index contributed by atoms with van der Waals surface area (Å²) < 4.78 is 12.0. The maximum absolute atomic E-state index is 12.5. The molecule has 0 saturated carbocycles. The Kier molecular flexibility index (Phi) is 6.65. The standard InChI is InChI=1S/C19H21N3O3S2/c1-12(2)14-9-20-15(25-14)11-26-16-10-21-19(27-16)22-18(23)17(24-3)13-7-5-4-6-8-13/h4-10,12,17H,11H2,1-3H3,(H,21,22,23)/t17-/m0/s1. The maximum Gasteiger partial charge on any atom is 0.259 e. The molecule has 0 saturated heterocycles. The highest BCUT2D eigenvalue weighted by Crippen LogP contribution is 2.31. The van der Waals surface area contributed by atoms with Crippen molar-refractivity contribution in [3.63, 3.8) is 0 Å². The molecule has 142 valence electrons. The lowest BCUT2D eigenvalue weighted by Crippen LogP contribution is -2.22. The second-order valence-corrected chi connectivity index (χ2v) is 8.41. The van der Waals surface area contributed by atoms with E-state index in [9.17, 15) is 4.79 Å². The van der Waals surface area contributed by atoms with Gasteiger partial charge in [0.2, 0.25) is 5.89 Å². The number of amides is 1. The molecule has 0 unspecified atom stereocenters. The van der Waals surface area contributed by atoms with Crippen molar-refractivity contribution in [3.05, 3.63) is 59.9 Å². The number of ether oxygens (including phenoxy) is 1. The van der Waals surface area contributed by atoms with Crippen LogP contribution in [0, 0.1) is 0 Å². The second kappa shape index (κ2) is 9.16. The molecule has 8 heteroatoms. The fourth-order valence-corrected chi connectivity index (χ4v) is 4.10. The minimum Gasteiger partial charge on any atom is -0.445 e. The van der Waals surface area contributed by atoms with Crippen molar-refractivity contribution in [3.8, 4) is 0 Å². The number of hydrogen-bond acceptors (Lipinski definition) is 7. The smallest absolute Gasteiger partial charge is 0.259 e. The fourth-order valence-electron chi connectivity index (χ4n) is 2.37. The third-order valence-corrected chi connectivity index (χ3v) is 5.86. The van der Waals surface area contributed by atoms with Crippen LogP contribution in [0.5, 0.6) is 0 Å². The number of hydrogen-bond donors (Lipinski definition) is 1. The Morgan fingerprint density at radius 3 is 2.70 bits per heavy atom. The summed E-state index contributed by atoms with van der Waals surface area (Å²) in [5, 5.41) is 3.36. The molecule has 0 fully saturated rings. The molecule has 3 aromatic rings. The quantitative estimate of drug-likeness (QED) is 0.541. The first-order chi connectivity index (χ1) is 13.1. The van der Waals surface area contributed by atoms with Gasteiger partial charge in [-0.25, -0.2) is 9.97 Å². The lowest BCUT2D eigenvalue weighted by Gasteiger charge is -2.14. The third kappa shape index (κ3) is 5.18. The average molecular weight is 404 g/mol. The number of benzene rings is 1. The number of oxazole rings is 1. The summed E-state index contributed by atoms with van der Waals surface area (Å²) in [7, 11) is 1.52. The summed E-state index contributed by atoms with van der Waals surface area (Å²) in [4.78, 5) is 21.1. The van der Waals surface area contributed by atoms with Gasteiger partial charge in [-0.3, -0.25) is 10.1 Å². The average Bonchev–Trinajstić information content (AvgIpc) is 3.31. The Morgan fingerprint density at radius 1 is 1.26 bits per heavy atom. The van der Waals surface area contributed by atoms with E-state index >= 15 is 0 Å². The van der Waals surface area contributed by atoms with Crippen LogP contribution in [0.1, 0.15) is 43.1 Å². The highest BCUT2D eigenvalue weighted by Gasteiger charge is 2.21. The molecule has 0 bridgehead atoms. The summed E-state index contributed by atoms with van der Waals surface area (Å²) >= 11 is 2.99. The van der Waals surface area contributed by atoms with Crippen molar-refractivity contribution < 1.29 is 13.9 Å². The molecule has 0 aliphatic rings. The van der Waals surface area contributed by atoms with Crippen LogP contribution < -0.4 is 5.32 Å². The van der Waals surface area contributed by atoms with Gasteiger partial charge in [-0.1, -0.05) is 55.5 Å². The maximum atomic E-state index is 12.5. The molecule has 0 radical (unpaired) electrons. The van der Waals surface area contributed by atoms with E-state index in [2.05, 4.69) is 29.1 Å². The lowest BCUT2D eigenvalue weighted by atomic mass is 10.1. The van der Waals surface area contributed by atoms with Gasteiger partial charge in [0.15, 0.2) is 11.2 Å². The van der Waals surface area contributed by atoms with Gasteiger partial charge in [0.05, 0.1) is 22.4 Å². The molecular formula is C19H21N3O3S2. The molecule has 6 nitrogen and oxygen atoms in total. The fraction of sp³-hybridized carbons (Fsp3) is 0.316. The number of nitrogens with one attached hydrogen (secondary N) is 1. The van der Waals surface area contributed by atoms with Crippen LogP contribution in [0.2, 0.25) is 0 Å². The minimum absolute atomic E-state index is 0.246. The third-order valence-electron chi connectivity index (χ3n) is 3.77. The first-order valence-corrected chi connectivity index (χ1v) is 10.3. The van der Waals surface area contributed by atoms with Crippen LogP contribution in [-0.4, -0.2) is 23.0 Å². The number of carbonyl (C=O) groups excluding carboxylic acids is 1. The van der Waals surface area contributed by atoms with Crippen LogP contribution in [0.15, 0.2) is 51.4 Å². The number of carbonyl (C=O) groups is 1. The number of thioether (sulfide) groups is 1. The monoisotopic (exact) mass is 403 g/mol. The van der Waals surface area contributed by atoms with Gasteiger partial charge in [-0.2, -0.15) is 0 Å². The van der Waals surface area contributed by atoms with Crippen molar-refractivity contribution in [1.82, 2.24) is 9.97 Å². The molecule has 0 spiro atoms. The van der Waals surface area contributed by atoms with Gasteiger partial charge in [0.1, 0.15) is 5.76 Å². The summed E-state index contributed by atoms with van der Waals surface area (Å²) in [5.41, 5.74) is 0.800. The van der Waals surface area contributed by atoms with Crippen LogP contribution in [-0.2, 0) is 15.3 Å². The van der Waals surface area contributed by atoms with Crippen molar-refractivity contribution in [1.29, 1.82) is 0 Å². The van der Waals surface area contributed by atoms with Gasteiger partial charge in [0.25, 0.3) is 5.91 Å². The van der Waals surface area contributed by atoms with Crippen LogP contribution in [0.3, 0.4) is 0 Å². The van der Waals surface area contributed by atoms with E-state index in [1.165, 1.54) is 18.4 Å². The number of nitrogens with zero attached hydrogens (tertiary/aromatic N) is 2. The SMILES string of the molecule is CO[C@H](C(=O)Nc1ncc(SCc2ncc(C(C)C)o2)s1)c1ccccc1. The molecule has 1 N–H and O–H groups in total. The van der Waals surface area contributed by atoms with Crippen molar-refractivity contribution in [2.45, 2.75) is 35.8 Å². The molecule has 1 aromatic carbocycles. The predicted octanol–water partition coefficient (Wildman–Crippen LogP) is 4.87. The van der Waals surface area contributed by atoms with Crippen molar-refractivity contribution >= 4 is 34.1 Å². The predicted molar refractivity (Wildman–Crippen MR) is 107 cm³/mol. The number of thiazole rings is 1. The minimum atomic E-state index is -0.673. The van der Waals surface area contributed by atoms with Gasteiger partial charge in [-0.15, -0.1) is 11.8 Å². The Hall–Kier alpha value is -2.16. The Balaban J connectivity index is 1.57. The van der Waals surface area contributed by atoms with E-state index in [4.69, 9.17) is 9.15 Å². The number of rotatable bonds is 8. The van der Waals surface area contributed by atoms with E-state index in [1.807, 2.05) is 30.3 Å². The number of anilines is 1. The molecule has 27 heavy (non-hydrogen) atoms. The molecular weight excluding hydrogens is 382 g/mol. The first-order valence-electron chi connectivity index (χ1n) is 8.48. The van der Waals surface area contributed by atoms with Crippen LogP contribution in [0.25, 0.3) is 0 Å². The molecule has 3 rings (SSSR count). The summed E-state index contributed by atoms with van der Waals surface area (Å²) in [6.07, 6.45) is 2.84.